The summed E-state index contributed by atoms with van der Waals surface area (Å²) >= 11 is 0. The number of rotatable bonds is 4. The number of pyridine rings is 1. The first-order valence-electron chi connectivity index (χ1n) is 7.19. The number of hydrogen-bond donors (Lipinski definition) is 0. The fourth-order valence-corrected chi connectivity index (χ4v) is 2.72. The summed E-state index contributed by atoms with van der Waals surface area (Å²) in [6, 6.07) is 5.45. The predicted molar refractivity (Wildman–Crippen MR) is 75.6 cm³/mol. The second-order valence-corrected chi connectivity index (χ2v) is 5.37. The average Bonchev–Trinajstić information content (AvgIpc) is 2.93. The van der Waals surface area contributed by atoms with Crippen LogP contribution >= 0.6 is 0 Å². The van der Waals surface area contributed by atoms with Crippen LogP contribution in [0.2, 0.25) is 0 Å². The summed E-state index contributed by atoms with van der Waals surface area (Å²) in [6.07, 6.45) is 3.57. The van der Waals surface area contributed by atoms with E-state index < -0.39 is 0 Å². The van der Waals surface area contributed by atoms with Gasteiger partial charge in [0.1, 0.15) is 5.69 Å². The molecule has 0 unspecified atom stereocenters. The molecule has 2 aromatic heterocycles. The van der Waals surface area contributed by atoms with Gasteiger partial charge in [0, 0.05) is 25.6 Å². The smallest absolute Gasteiger partial charge is 0.230 e. The molecule has 0 saturated carbocycles. The Morgan fingerprint density at radius 2 is 2.33 bits per heavy atom. The molecule has 21 heavy (non-hydrogen) atoms. The van der Waals surface area contributed by atoms with Crippen LogP contribution in [0.4, 0.5) is 0 Å². The zero-order chi connectivity index (χ0) is 14.7. The lowest BCUT2D eigenvalue weighted by atomic mass is 9.92. The van der Waals surface area contributed by atoms with Crippen molar-refractivity contribution in [2.24, 2.45) is 5.92 Å². The molecule has 0 amide bonds. The van der Waals surface area contributed by atoms with Gasteiger partial charge in [0.05, 0.1) is 6.54 Å². The zero-order valence-corrected chi connectivity index (χ0v) is 12.0. The molecule has 1 saturated heterocycles. The third-order valence-electron chi connectivity index (χ3n) is 3.72. The molecule has 6 heteroatoms. The molecule has 6 nitrogen and oxygen atoms in total. The molecule has 0 bridgehead atoms. The van der Waals surface area contributed by atoms with E-state index in [1.54, 1.807) is 19.2 Å². The van der Waals surface area contributed by atoms with Crippen LogP contribution in [0.3, 0.4) is 0 Å². The summed E-state index contributed by atoms with van der Waals surface area (Å²) in [5.41, 5.74) is 0.554. The highest BCUT2D eigenvalue weighted by molar-refractivity contribution is 5.96. The van der Waals surface area contributed by atoms with Gasteiger partial charge in [0.2, 0.25) is 11.8 Å². The Kier molecular flexibility index (Phi) is 4.06. The van der Waals surface area contributed by atoms with Gasteiger partial charge in [-0.05, 0) is 31.5 Å². The van der Waals surface area contributed by atoms with Gasteiger partial charge in [-0.3, -0.25) is 14.7 Å². The normalized spacial score (nSPS) is 19.6. The first-order chi connectivity index (χ1) is 10.2. The van der Waals surface area contributed by atoms with Crippen molar-refractivity contribution in [2.75, 3.05) is 13.1 Å². The molecule has 0 radical (unpaired) electrons. The molecule has 1 aliphatic heterocycles. The van der Waals surface area contributed by atoms with E-state index in [1.165, 1.54) is 0 Å². The molecule has 1 aliphatic rings. The Bertz CT molecular complexity index is 611. The summed E-state index contributed by atoms with van der Waals surface area (Å²) in [6.45, 7) is 4.05. The maximum absolute atomic E-state index is 12.5. The van der Waals surface area contributed by atoms with E-state index in [2.05, 4.69) is 20.1 Å². The van der Waals surface area contributed by atoms with Gasteiger partial charge < -0.3 is 4.42 Å². The average molecular weight is 286 g/mol. The van der Waals surface area contributed by atoms with Crippen molar-refractivity contribution in [2.45, 2.75) is 26.3 Å². The van der Waals surface area contributed by atoms with E-state index in [0.717, 1.165) is 25.9 Å². The lowest BCUT2D eigenvalue weighted by Gasteiger charge is -2.30. The molecule has 0 spiro atoms. The minimum Gasteiger partial charge on any atom is -0.424 e. The monoisotopic (exact) mass is 286 g/mol. The number of carbonyl (C=O) groups is 1. The van der Waals surface area contributed by atoms with E-state index in [4.69, 9.17) is 4.42 Å². The number of nitrogens with zero attached hydrogens (tertiary/aromatic N) is 4. The van der Waals surface area contributed by atoms with Crippen LogP contribution in [0, 0.1) is 12.8 Å². The molecule has 1 atom stereocenters. The van der Waals surface area contributed by atoms with Crippen LogP contribution in [0.25, 0.3) is 0 Å². The standard InChI is InChI=1S/C15H18N4O2/c1-11-17-18-14(21-11)10-19-8-4-5-12(9-19)15(20)13-6-2-3-7-16-13/h2-3,6-7,12H,4-5,8-10H2,1H3/t12-/m1/s1. The van der Waals surface area contributed by atoms with Gasteiger partial charge in [-0.1, -0.05) is 6.07 Å². The van der Waals surface area contributed by atoms with Crippen molar-refractivity contribution in [1.29, 1.82) is 0 Å². The molecular formula is C15H18N4O2. The first kappa shape index (κ1) is 13.9. The van der Waals surface area contributed by atoms with E-state index in [1.807, 2.05) is 12.1 Å². The largest absolute Gasteiger partial charge is 0.424 e. The third-order valence-corrected chi connectivity index (χ3v) is 3.72. The maximum atomic E-state index is 12.5. The predicted octanol–water partition coefficient (Wildman–Crippen LogP) is 1.87. The summed E-state index contributed by atoms with van der Waals surface area (Å²) < 4.78 is 5.41. The van der Waals surface area contributed by atoms with Crippen LogP contribution in [-0.4, -0.2) is 39.0 Å². The summed E-state index contributed by atoms with van der Waals surface area (Å²) in [5, 5.41) is 7.85. The zero-order valence-electron chi connectivity index (χ0n) is 12.0. The molecule has 2 aromatic rings. The highest BCUT2D eigenvalue weighted by atomic mass is 16.4. The Balaban J connectivity index is 1.64. The van der Waals surface area contributed by atoms with Crippen molar-refractivity contribution < 1.29 is 9.21 Å². The van der Waals surface area contributed by atoms with E-state index in [0.29, 0.717) is 24.0 Å². The molecule has 1 fully saturated rings. The first-order valence-corrected chi connectivity index (χ1v) is 7.19. The molecule has 3 heterocycles. The highest BCUT2D eigenvalue weighted by Crippen LogP contribution is 2.21. The van der Waals surface area contributed by atoms with Crippen molar-refractivity contribution in [3.63, 3.8) is 0 Å². The minimum atomic E-state index is -0.00216. The number of ketones is 1. The number of carbonyl (C=O) groups excluding carboxylic acids is 1. The fraction of sp³-hybridized carbons (Fsp3) is 0.467. The van der Waals surface area contributed by atoms with Crippen molar-refractivity contribution in [3.05, 3.63) is 41.9 Å². The quantitative estimate of drug-likeness (QED) is 0.799. The number of hydrogen-bond acceptors (Lipinski definition) is 6. The molecule has 0 aliphatic carbocycles. The highest BCUT2D eigenvalue weighted by Gasteiger charge is 2.27. The number of aromatic nitrogens is 3. The number of likely N-dealkylation sites (tertiary alicyclic amines) is 1. The number of piperidine rings is 1. The van der Waals surface area contributed by atoms with Gasteiger partial charge >= 0.3 is 0 Å². The topological polar surface area (TPSA) is 72.1 Å². The Morgan fingerprint density at radius 3 is 3.05 bits per heavy atom. The van der Waals surface area contributed by atoms with Crippen molar-refractivity contribution >= 4 is 5.78 Å². The summed E-state index contributed by atoms with van der Waals surface area (Å²) in [7, 11) is 0. The van der Waals surface area contributed by atoms with Gasteiger partial charge in [-0.2, -0.15) is 0 Å². The molecule has 3 rings (SSSR count). The van der Waals surface area contributed by atoms with Crippen molar-refractivity contribution in [3.8, 4) is 0 Å². The van der Waals surface area contributed by atoms with Gasteiger partial charge in [0.15, 0.2) is 5.78 Å². The fourth-order valence-electron chi connectivity index (χ4n) is 2.72. The van der Waals surface area contributed by atoms with E-state index in [-0.39, 0.29) is 11.7 Å². The van der Waals surface area contributed by atoms with Crippen LogP contribution in [0.1, 0.15) is 35.1 Å². The van der Waals surface area contributed by atoms with Crippen LogP contribution in [0.5, 0.6) is 0 Å². The Labute approximate surface area is 123 Å². The van der Waals surface area contributed by atoms with Gasteiger partial charge in [0.25, 0.3) is 0 Å². The Morgan fingerprint density at radius 1 is 1.43 bits per heavy atom. The SMILES string of the molecule is Cc1nnc(CN2CCC[C@@H](C(=O)c3ccccn3)C2)o1. The maximum Gasteiger partial charge on any atom is 0.230 e. The number of aryl methyl sites for hydroxylation is 1. The second kappa shape index (κ2) is 6.13. The summed E-state index contributed by atoms with van der Waals surface area (Å²) in [4.78, 5) is 18.8. The van der Waals surface area contributed by atoms with Crippen LogP contribution in [0.15, 0.2) is 28.8 Å². The molecule has 0 N–H and O–H groups in total. The van der Waals surface area contributed by atoms with Crippen molar-refractivity contribution in [1.82, 2.24) is 20.1 Å². The summed E-state index contributed by atoms with van der Waals surface area (Å²) in [5.74, 6) is 1.31. The van der Waals surface area contributed by atoms with Gasteiger partial charge in [-0.15, -0.1) is 10.2 Å². The number of Topliss-reactive ketones (excluding diaryl/α,β-unsaturated/α-hetero) is 1. The minimum absolute atomic E-state index is 0.00216. The molecule has 0 aromatic carbocycles. The van der Waals surface area contributed by atoms with Crippen LogP contribution < -0.4 is 0 Å². The molecular weight excluding hydrogens is 268 g/mol. The van der Waals surface area contributed by atoms with Crippen LogP contribution in [-0.2, 0) is 6.54 Å². The van der Waals surface area contributed by atoms with Gasteiger partial charge in [-0.25, -0.2) is 0 Å². The third kappa shape index (κ3) is 3.33. The second-order valence-electron chi connectivity index (χ2n) is 5.37. The molecule has 110 valence electrons. The Hall–Kier alpha value is -2.08. The lowest BCUT2D eigenvalue weighted by molar-refractivity contribution is 0.0794. The van der Waals surface area contributed by atoms with E-state index in [9.17, 15) is 4.79 Å². The lowest BCUT2D eigenvalue weighted by Crippen LogP contribution is -2.38. The van der Waals surface area contributed by atoms with E-state index >= 15 is 0 Å².